The number of rotatable bonds is 4. The van der Waals surface area contributed by atoms with E-state index in [1.165, 1.54) is 23.4 Å². The van der Waals surface area contributed by atoms with Gasteiger partial charge in [-0.3, -0.25) is 9.10 Å². The molecule has 0 bridgehead atoms. The van der Waals surface area contributed by atoms with E-state index in [0.717, 1.165) is 11.3 Å². The van der Waals surface area contributed by atoms with Crippen LogP contribution in [-0.2, 0) is 14.8 Å². The average molecular weight is 455 g/mol. The summed E-state index contributed by atoms with van der Waals surface area (Å²) in [5, 5.41) is 0.471. The highest BCUT2D eigenvalue weighted by Gasteiger charge is 2.40. The predicted molar refractivity (Wildman–Crippen MR) is 124 cm³/mol. The molecule has 0 fully saturated rings. The molecule has 4 rings (SSSR count). The number of amides is 1. The lowest BCUT2D eigenvalue weighted by Gasteiger charge is -2.43. The molecule has 2 atom stereocenters. The van der Waals surface area contributed by atoms with Gasteiger partial charge < -0.3 is 4.90 Å². The van der Waals surface area contributed by atoms with Crippen LogP contribution in [-0.4, -0.2) is 20.4 Å². The first-order chi connectivity index (χ1) is 14.8. The molecular weight excluding hydrogens is 432 g/mol. The number of benzene rings is 3. The Bertz CT molecular complexity index is 1200. The molecule has 1 amide bonds. The van der Waals surface area contributed by atoms with Gasteiger partial charge in [0.2, 0.25) is 5.91 Å². The summed E-state index contributed by atoms with van der Waals surface area (Å²) >= 11 is 5.99. The molecule has 7 heteroatoms. The Hall–Kier alpha value is -2.83. The maximum absolute atomic E-state index is 13.9. The third-order valence-corrected chi connectivity index (χ3v) is 7.67. The third kappa shape index (κ3) is 3.93. The van der Waals surface area contributed by atoms with Crippen molar-refractivity contribution in [2.75, 3.05) is 9.21 Å². The van der Waals surface area contributed by atoms with Crippen molar-refractivity contribution in [2.24, 2.45) is 0 Å². The number of hydrogen-bond acceptors (Lipinski definition) is 3. The lowest BCUT2D eigenvalue weighted by molar-refractivity contribution is -0.117. The molecule has 0 spiro atoms. The lowest BCUT2D eigenvalue weighted by Crippen LogP contribution is -2.47. The number of sulfonamides is 1. The van der Waals surface area contributed by atoms with E-state index < -0.39 is 16.1 Å². The smallest absolute Gasteiger partial charge is 0.264 e. The van der Waals surface area contributed by atoms with Gasteiger partial charge in [0.15, 0.2) is 0 Å². The summed E-state index contributed by atoms with van der Waals surface area (Å²) in [7, 11) is -3.90. The monoisotopic (exact) mass is 454 g/mol. The summed E-state index contributed by atoms with van der Waals surface area (Å²) in [5.41, 5.74) is 2.11. The summed E-state index contributed by atoms with van der Waals surface area (Å²) in [6, 6.07) is 22.1. The van der Waals surface area contributed by atoms with Gasteiger partial charge in [0.1, 0.15) is 0 Å². The molecule has 0 saturated carbocycles. The van der Waals surface area contributed by atoms with Crippen LogP contribution in [0.1, 0.15) is 31.9 Å². The average Bonchev–Trinajstić information content (AvgIpc) is 2.74. The van der Waals surface area contributed by atoms with E-state index in [4.69, 9.17) is 11.6 Å². The maximum Gasteiger partial charge on any atom is 0.264 e. The van der Waals surface area contributed by atoms with E-state index >= 15 is 0 Å². The van der Waals surface area contributed by atoms with Gasteiger partial charge in [-0.25, -0.2) is 8.42 Å². The zero-order chi connectivity index (χ0) is 22.2. The van der Waals surface area contributed by atoms with Crippen LogP contribution in [0.5, 0.6) is 0 Å². The second-order valence-corrected chi connectivity index (χ2v) is 9.89. The molecule has 0 N–H and O–H groups in total. The number of fused-ring (bicyclic) bond motifs is 1. The van der Waals surface area contributed by atoms with Gasteiger partial charge in [-0.15, -0.1) is 0 Å². The summed E-state index contributed by atoms with van der Waals surface area (Å²) in [4.78, 5) is 14.3. The Morgan fingerprint density at radius 1 is 0.968 bits per heavy atom. The third-order valence-electron chi connectivity index (χ3n) is 5.56. The number of nitrogens with zero attached hydrogens (tertiary/aromatic N) is 2. The highest BCUT2D eigenvalue weighted by atomic mass is 35.5. The van der Waals surface area contributed by atoms with Gasteiger partial charge >= 0.3 is 0 Å². The molecule has 31 heavy (non-hydrogen) atoms. The molecule has 0 saturated heterocycles. The number of anilines is 2. The fourth-order valence-electron chi connectivity index (χ4n) is 4.26. The van der Waals surface area contributed by atoms with Gasteiger partial charge in [0.25, 0.3) is 10.0 Å². The van der Waals surface area contributed by atoms with E-state index in [9.17, 15) is 13.2 Å². The van der Waals surface area contributed by atoms with E-state index in [-0.39, 0.29) is 16.8 Å². The minimum atomic E-state index is -3.90. The number of halogens is 1. The molecule has 5 nitrogen and oxygen atoms in total. The van der Waals surface area contributed by atoms with Gasteiger partial charge in [0, 0.05) is 23.7 Å². The normalized spacial score (nSPS) is 18.4. The summed E-state index contributed by atoms with van der Waals surface area (Å²) < 4.78 is 29.2. The molecule has 0 radical (unpaired) electrons. The minimum absolute atomic E-state index is 0.0646. The number of para-hydroxylation sites is 2. The summed E-state index contributed by atoms with van der Waals surface area (Å²) in [6.07, 6.45) is 0.471. The Morgan fingerprint density at radius 2 is 1.58 bits per heavy atom. The molecule has 3 aromatic rings. The number of carbonyl (C=O) groups excluding carboxylic acids is 1. The first-order valence-electron chi connectivity index (χ1n) is 10.0. The SMILES string of the molecule is CC(=O)N1c2ccccc2C(N(c2ccccc2)S(=O)(=O)c2ccc(Cl)cc2)CC1C. The highest BCUT2D eigenvalue weighted by Crippen LogP contribution is 2.44. The molecule has 3 aromatic carbocycles. The second kappa shape index (κ2) is 8.36. The molecular formula is C24H23ClN2O3S. The molecule has 0 aromatic heterocycles. The quantitative estimate of drug-likeness (QED) is 0.528. The van der Waals surface area contributed by atoms with Crippen molar-refractivity contribution in [1.82, 2.24) is 0 Å². The van der Waals surface area contributed by atoms with Crippen molar-refractivity contribution >= 4 is 38.9 Å². The second-order valence-electron chi connectivity index (χ2n) is 7.64. The minimum Gasteiger partial charge on any atom is -0.309 e. The fraction of sp³-hybridized carbons (Fsp3) is 0.208. The highest BCUT2D eigenvalue weighted by molar-refractivity contribution is 7.92. The Morgan fingerprint density at radius 3 is 2.23 bits per heavy atom. The summed E-state index contributed by atoms with van der Waals surface area (Å²) in [5.74, 6) is -0.0646. The van der Waals surface area contributed by atoms with Crippen molar-refractivity contribution in [3.8, 4) is 0 Å². The summed E-state index contributed by atoms with van der Waals surface area (Å²) in [6.45, 7) is 3.48. The van der Waals surface area contributed by atoms with E-state index in [1.54, 1.807) is 29.2 Å². The first-order valence-corrected chi connectivity index (χ1v) is 11.9. The van der Waals surface area contributed by atoms with Gasteiger partial charge in [-0.05, 0) is 61.4 Å². The van der Waals surface area contributed by atoms with Crippen molar-refractivity contribution in [2.45, 2.75) is 37.2 Å². The van der Waals surface area contributed by atoms with Crippen molar-refractivity contribution in [3.05, 3.63) is 89.4 Å². The van der Waals surface area contributed by atoms with Crippen LogP contribution in [0.3, 0.4) is 0 Å². The Labute approximate surface area is 187 Å². The van der Waals surface area contributed by atoms with Crippen LogP contribution in [0.15, 0.2) is 83.8 Å². The van der Waals surface area contributed by atoms with Crippen molar-refractivity contribution in [3.63, 3.8) is 0 Å². The molecule has 1 heterocycles. The molecule has 2 unspecified atom stereocenters. The van der Waals surface area contributed by atoms with Gasteiger partial charge in [0.05, 0.1) is 16.6 Å². The van der Waals surface area contributed by atoms with Crippen LogP contribution < -0.4 is 9.21 Å². The lowest BCUT2D eigenvalue weighted by atomic mass is 9.91. The van der Waals surface area contributed by atoms with Gasteiger partial charge in [-0.2, -0.15) is 0 Å². The zero-order valence-electron chi connectivity index (χ0n) is 17.3. The molecule has 0 aliphatic carbocycles. The Balaban J connectivity index is 1.92. The van der Waals surface area contributed by atoms with Crippen LogP contribution in [0, 0.1) is 0 Å². The fourth-order valence-corrected chi connectivity index (χ4v) is 6.03. The van der Waals surface area contributed by atoms with Crippen LogP contribution in [0.4, 0.5) is 11.4 Å². The number of carbonyl (C=O) groups is 1. The van der Waals surface area contributed by atoms with Crippen molar-refractivity contribution in [1.29, 1.82) is 0 Å². The largest absolute Gasteiger partial charge is 0.309 e. The topological polar surface area (TPSA) is 57.7 Å². The molecule has 160 valence electrons. The van der Waals surface area contributed by atoms with Crippen LogP contribution in [0.25, 0.3) is 0 Å². The maximum atomic E-state index is 13.9. The molecule has 1 aliphatic rings. The predicted octanol–water partition coefficient (Wildman–Crippen LogP) is 5.42. The molecule has 1 aliphatic heterocycles. The van der Waals surface area contributed by atoms with Gasteiger partial charge in [-0.1, -0.05) is 48.0 Å². The zero-order valence-corrected chi connectivity index (χ0v) is 18.8. The van der Waals surface area contributed by atoms with Crippen molar-refractivity contribution < 1.29 is 13.2 Å². The van der Waals surface area contributed by atoms with E-state index in [1.807, 2.05) is 49.4 Å². The first kappa shape index (κ1) is 21.4. The van der Waals surface area contributed by atoms with Crippen LogP contribution >= 0.6 is 11.6 Å². The van der Waals surface area contributed by atoms with Crippen LogP contribution in [0.2, 0.25) is 5.02 Å². The Kier molecular flexibility index (Phi) is 5.77. The standard InChI is InChI=1S/C24H23ClN2O3S/c1-17-16-24(22-10-6-7-11-23(22)26(17)18(2)28)27(20-8-4-3-5-9-20)31(29,30)21-14-12-19(25)13-15-21/h3-15,17,24H,16H2,1-2H3. The number of hydrogen-bond donors (Lipinski definition) is 0. The van der Waals surface area contributed by atoms with E-state index in [2.05, 4.69) is 0 Å². The van der Waals surface area contributed by atoms with E-state index in [0.29, 0.717) is 17.1 Å².